The van der Waals surface area contributed by atoms with Gasteiger partial charge in [-0.15, -0.1) is 11.8 Å². The molecule has 1 aromatic heterocycles. The summed E-state index contributed by atoms with van der Waals surface area (Å²) >= 11 is 1.61. The number of aromatic nitrogens is 1. The van der Waals surface area contributed by atoms with Crippen LogP contribution in [0.4, 0.5) is 10.5 Å². The lowest BCUT2D eigenvalue weighted by Crippen LogP contribution is -2.48. The average Bonchev–Trinajstić information content (AvgIpc) is 2.39. The predicted molar refractivity (Wildman–Crippen MR) is 67.8 cm³/mol. The molecule has 1 aliphatic heterocycles. The maximum Gasteiger partial charge on any atom is 0.407 e. The number of piperazine rings is 1. The first-order valence-corrected chi connectivity index (χ1v) is 6.66. The number of pyridine rings is 1. The molecule has 0 unspecified atom stereocenters. The van der Waals surface area contributed by atoms with Gasteiger partial charge in [-0.25, -0.2) is 9.78 Å². The molecule has 1 aromatic rings. The standard InChI is InChI=1S/C11H15N3O2S/c1-17-10-9(3-2-4-12-10)13-5-7-14(8-6-13)11(15)16/h2-4H,5-8H2,1H3,(H,15,16). The number of carbonyl (C=O) groups is 1. The monoisotopic (exact) mass is 253 g/mol. The zero-order chi connectivity index (χ0) is 12.3. The molecule has 2 rings (SSSR count). The Hall–Kier alpha value is -1.43. The Kier molecular flexibility index (Phi) is 3.73. The lowest BCUT2D eigenvalue weighted by molar-refractivity contribution is 0.142. The summed E-state index contributed by atoms with van der Waals surface area (Å²) in [4.78, 5) is 18.8. The molecule has 92 valence electrons. The van der Waals surface area contributed by atoms with E-state index in [-0.39, 0.29) is 0 Å². The summed E-state index contributed by atoms with van der Waals surface area (Å²) in [5, 5.41) is 9.88. The number of hydrogen-bond acceptors (Lipinski definition) is 4. The van der Waals surface area contributed by atoms with Crippen LogP contribution in [0.1, 0.15) is 0 Å². The van der Waals surface area contributed by atoms with Gasteiger partial charge >= 0.3 is 6.09 Å². The van der Waals surface area contributed by atoms with Gasteiger partial charge in [-0.3, -0.25) is 0 Å². The van der Waals surface area contributed by atoms with Crippen LogP contribution in [0.5, 0.6) is 0 Å². The molecule has 0 aromatic carbocycles. The summed E-state index contributed by atoms with van der Waals surface area (Å²) in [5.74, 6) is 0. The number of thioether (sulfide) groups is 1. The number of rotatable bonds is 2. The van der Waals surface area contributed by atoms with Crippen LogP contribution in [-0.4, -0.2) is 53.5 Å². The maximum atomic E-state index is 10.8. The predicted octanol–water partition coefficient (Wildman–Crippen LogP) is 1.60. The van der Waals surface area contributed by atoms with Crippen molar-refractivity contribution in [2.24, 2.45) is 0 Å². The molecular weight excluding hydrogens is 238 g/mol. The van der Waals surface area contributed by atoms with Crippen molar-refractivity contribution in [3.63, 3.8) is 0 Å². The number of carboxylic acid groups (broad SMARTS) is 1. The van der Waals surface area contributed by atoms with E-state index in [1.54, 1.807) is 18.0 Å². The van der Waals surface area contributed by atoms with Crippen LogP contribution in [0, 0.1) is 0 Å². The van der Waals surface area contributed by atoms with Crippen LogP contribution in [0.15, 0.2) is 23.4 Å². The van der Waals surface area contributed by atoms with Gasteiger partial charge in [-0.05, 0) is 18.4 Å². The second-order valence-corrected chi connectivity index (χ2v) is 4.58. The van der Waals surface area contributed by atoms with Crippen molar-refractivity contribution in [1.29, 1.82) is 0 Å². The fraction of sp³-hybridized carbons (Fsp3) is 0.455. The zero-order valence-electron chi connectivity index (χ0n) is 9.67. The Morgan fingerprint density at radius 2 is 2.12 bits per heavy atom. The summed E-state index contributed by atoms with van der Waals surface area (Å²) < 4.78 is 0. The van der Waals surface area contributed by atoms with E-state index >= 15 is 0 Å². The highest BCUT2D eigenvalue weighted by Crippen LogP contribution is 2.26. The Labute approximate surface area is 104 Å². The van der Waals surface area contributed by atoms with E-state index in [2.05, 4.69) is 9.88 Å². The number of amides is 1. The fourth-order valence-electron chi connectivity index (χ4n) is 1.92. The van der Waals surface area contributed by atoms with Crippen LogP contribution in [0.3, 0.4) is 0 Å². The molecule has 1 N–H and O–H groups in total. The zero-order valence-corrected chi connectivity index (χ0v) is 10.5. The van der Waals surface area contributed by atoms with E-state index in [1.807, 2.05) is 18.4 Å². The van der Waals surface area contributed by atoms with Gasteiger partial charge in [0.1, 0.15) is 5.03 Å². The Balaban J connectivity index is 2.07. The first-order chi connectivity index (χ1) is 8.22. The summed E-state index contributed by atoms with van der Waals surface area (Å²) in [7, 11) is 0. The highest BCUT2D eigenvalue weighted by Gasteiger charge is 2.21. The number of nitrogens with zero attached hydrogens (tertiary/aromatic N) is 3. The van der Waals surface area contributed by atoms with Crippen molar-refractivity contribution in [3.05, 3.63) is 18.3 Å². The Morgan fingerprint density at radius 3 is 2.71 bits per heavy atom. The fourth-order valence-corrected chi connectivity index (χ4v) is 2.49. The SMILES string of the molecule is CSc1ncccc1N1CCN(C(=O)O)CC1. The molecule has 0 aliphatic carbocycles. The van der Waals surface area contributed by atoms with E-state index in [0.717, 1.165) is 23.8 Å². The Bertz CT molecular complexity index is 405. The molecule has 0 atom stereocenters. The molecule has 0 saturated carbocycles. The van der Waals surface area contributed by atoms with E-state index in [1.165, 1.54) is 4.90 Å². The molecule has 17 heavy (non-hydrogen) atoms. The number of hydrogen-bond donors (Lipinski definition) is 1. The van der Waals surface area contributed by atoms with Gasteiger partial charge in [0.25, 0.3) is 0 Å². The largest absolute Gasteiger partial charge is 0.465 e. The third-order valence-electron chi connectivity index (χ3n) is 2.84. The molecule has 5 nitrogen and oxygen atoms in total. The van der Waals surface area contributed by atoms with Crippen LogP contribution in [0.2, 0.25) is 0 Å². The summed E-state index contributed by atoms with van der Waals surface area (Å²) in [5.41, 5.74) is 1.10. The molecular formula is C11H15N3O2S. The van der Waals surface area contributed by atoms with E-state index in [9.17, 15) is 4.79 Å². The second kappa shape index (κ2) is 5.27. The minimum Gasteiger partial charge on any atom is -0.465 e. The van der Waals surface area contributed by atoms with Gasteiger partial charge in [0.2, 0.25) is 0 Å². The molecule has 0 spiro atoms. The minimum absolute atomic E-state index is 0.554. The quantitative estimate of drug-likeness (QED) is 0.811. The summed E-state index contributed by atoms with van der Waals surface area (Å²) in [6.07, 6.45) is 2.95. The molecule has 6 heteroatoms. The van der Waals surface area contributed by atoms with Crippen LogP contribution >= 0.6 is 11.8 Å². The lowest BCUT2D eigenvalue weighted by Gasteiger charge is -2.35. The molecule has 1 saturated heterocycles. The van der Waals surface area contributed by atoms with Gasteiger partial charge in [0.15, 0.2) is 0 Å². The summed E-state index contributed by atoms with van der Waals surface area (Å²) in [6.45, 7) is 2.56. The highest BCUT2D eigenvalue weighted by atomic mass is 32.2. The van der Waals surface area contributed by atoms with Gasteiger partial charge in [0, 0.05) is 32.4 Å². The topological polar surface area (TPSA) is 56.7 Å². The lowest BCUT2D eigenvalue weighted by atomic mass is 10.3. The molecule has 0 bridgehead atoms. The first-order valence-electron chi connectivity index (χ1n) is 5.44. The third kappa shape index (κ3) is 2.63. The van der Waals surface area contributed by atoms with Crippen molar-refractivity contribution in [2.75, 3.05) is 37.3 Å². The van der Waals surface area contributed by atoms with Gasteiger partial charge < -0.3 is 14.9 Å². The van der Waals surface area contributed by atoms with Gasteiger partial charge in [-0.2, -0.15) is 0 Å². The average molecular weight is 253 g/mol. The first kappa shape index (κ1) is 12.0. The molecule has 1 amide bonds. The van der Waals surface area contributed by atoms with Crippen molar-refractivity contribution < 1.29 is 9.90 Å². The van der Waals surface area contributed by atoms with E-state index in [4.69, 9.17) is 5.11 Å². The van der Waals surface area contributed by atoms with Crippen LogP contribution in [0.25, 0.3) is 0 Å². The van der Waals surface area contributed by atoms with Crippen LogP contribution < -0.4 is 4.90 Å². The van der Waals surface area contributed by atoms with Crippen molar-refractivity contribution in [3.8, 4) is 0 Å². The van der Waals surface area contributed by atoms with Gasteiger partial charge in [0.05, 0.1) is 5.69 Å². The normalized spacial score (nSPS) is 16.1. The smallest absolute Gasteiger partial charge is 0.407 e. The highest BCUT2D eigenvalue weighted by molar-refractivity contribution is 7.98. The van der Waals surface area contributed by atoms with E-state index < -0.39 is 6.09 Å². The molecule has 1 aliphatic rings. The second-order valence-electron chi connectivity index (χ2n) is 3.79. The van der Waals surface area contributed by atoms with Crippen molar-refractivity contribution in [2.45, 2.75) is 5.03 Å². The van der Waals surface area contributed by atoms with Gasteiger partial charge in [-0.1, -0.05) is 0 Å². The summed E-state index contributed by atoms with van der Waals surface area (Å²) in [6, 6.07) is 3.95. The molecule has 0 radical (unpaired) electrons. The Morgan fingerprint density at radius 1 is 1.41 bits per heavy atom. The van der Waals surface area contributed by atoms with Crippen molar-refractivity contribution >= 4 is 23.5 Å². The van der Waals surface area contributed by atoms with E-state index in [0.29, 0.717) is 13.1 Å². The van der Waals surface area contributed by atoms with Crippen LogP contribution in [-0.2, 0) is 0 Å². The van der Waals surface area contributed by atoms with Crippen molar-refractivity contribution in [1.82, 2.24) is 9.88 Å². The minimum atomic E-state index is -0.832. The number of anilines is 1. The molecule has 2 heterocycles. The molecule has 1 fully saturated rings. The third-order valence-corrected chi connectivity index (χ3v) is 3.54. The maximum absolute atomic E-state index is 10.8.